The molecule has 1 aliphatic heterocycles. The van der Waals surface area contributed by atoms with E-state index in [0.717, 1.165) is 25.2 Å². The van der Waals surface area contributed by atoms with Crippen molar-refractivity contribution in [3.05, 3.63) is 18.0 Å². The van der Waals surface area contributed by atoms with E-state index in [9.17, 15) is 0 Å². The molecule has 1 aromatic heterocycles. The van der Waals surface area contributed by atoms with Crippen molar-refractivity contribution in [1.82, 2.24) is 14.9 Å². The van der Waals surface area contributed by atoms with Gasteiger partial charge in [0.25, 0.3) is 0 Å². The van der Waals surface area contributed by atoms with Crippen LogP contribution >= 0.6 is 0 Å². The topological polar surface area (TPSA) is 64.3 Å². The van der Waals surface area contributed by atoms with Crippen LogP contribution in [0.5, 0.6) is 6.01 Å². The van der Waals surface area contributed by atoms with Crippen LogP contribution in [-0.4, -0.2) is 34.7 Å². The van der Waals surface area contributed by atoms with Crippen molar-refractivity contribution < 1.29 is 4.74 Å². The molecule has 2 N–H and O–H groups in total. The second-order valence-corrected chi connectivity index (χ2v) is 4.07. The van der Waals surface area contributed by atoms with Crippen LogP contribution in [0.4, 0.5) is 0 Å². The molecule has 2 rings (SSSR count). The highest BCUT2D eigenvalue weighted by Gasteiger charge is 2.19. The molecule has 88 valence electrons. The highest BCUT2D eigenvalue weighted by Crippen LogP contribution is 2.16. The second kappa shape index (κ2) is 5.23. The molecule has 0 saturated carbocycles. The predicted octanol–water partition coefficient (Wildman–Crippen LogP) is 0.756. The molecule has 1 aromatic rings. The van der Waals surface area contributed by atoms with Crippen LogP contribution in [0, 0.1) is 0 Å². The third-order valence-corrected chi connectivity index (χ3v) is 2.90. The molecule has 5 heteroatoms. The number of hydrogen-bond acceptors (Lipinski definition) is 5. The number of likely N-dealkylation sites (tertiary alicyclic amines) is 1. The van der Waals surface area contributed by atoms with Gasteiger partial charge in [-0.25, -0.2) is 4.98 Å². The number of piperidine rings is 1. The highest BCUT2D eigenvalue weighted by molar-refractivity contribution is 5.05. The van der Waals surface area contributed by atoms with Crippen LogP contribution in [0.2, 0.25) is 0 Å². The van der Waals surface area contributed by atoms with Crippen LogP contribution < -0.4 is 10.5 Å². The molecular weight excluding hydrogens is 204 g/mol. The molecule has 2 heterocycles. The molecule has 0 spiro atoms. The van der Waals surface area contributed by atoms with Gasteiger partial charge in [-0.1, -0.05) is 0 Å². The van der Waals surface area contributed by atoms with Gasteiger partial charge in [-0.3, -0.25) is 4.90 Å². The van der Waals surface area contributed by atoms with Gasteiger partial charge >= 0.3 is 6.01 Å². The molecular formula is C11H18N4O. The summed E-state index contributed by atoms with van der Waals surface area (Å²) < 4.78 is 5.00. The summed E-state index contributed by atoms with van der Waals surface area (Å²) in [6, 6.07) is 2.33. The third-order valence-electron chi connectivity index (χ3n) is 2.90. The molecule has 16 heavy (non-hydrogen) atoms. The smallest absolute Gasteiger partial charge is 0.316 e. The van der Waals surface area contributed by atoms with E-state index in [0.29, 0.717) is 6.01 Å². The lowest BCUT2D eigenvalue weighted by Gasteiger charge is -2.32. The zero-order valence-electron chi connectivity index (χ0n) is 9.59. The monoisotopic (exact) mass is 222 g/mol. The third kappa shape index (κ3) is 2.68. The summed E-state index contributed by atoms with van der Waals surface area (Å²) in [4.78, 5) is 10.5. The minimum absolute atomic E-state index is 0.162. The molecule has 1 fully saturated rings. The lowest BCUT2D eigenvalue weighted by Crippen LogP contribution is -2.44. The minimum atomic E-state index is 0.162. The SMILES string of the molecule is COc1nccc(CN2CCCCC2N)n1. The van der Waals surface area contributed by atoms with Gasteiger partial charge in [-0.15, -0.1) is 0 Å². The van der Waals surface area contributed by atoms with E-state index < -0.39 is 0 Å². The van der Waals surface area contributed by atoms with Crippen molar-refractivity contribution in [3.63, 3.8) is 0 Å². The average molecular weight is 222 g/mol. The van der Waals surface area contributed by atoms with Crippen molar-refractivity contribution in [3.8, 4) is 6.01 Å². The molecule has 0 aromatic carbocycles. The fourth-order valence-corrected chi connectivity index (χ4v) is 1.98. The molecule has 0 aliphatic carbocycles. The Morgan fingerprint density at radius 1 is 1.56 bits per heavy atom. The molecule has 1 unspecified atom stereocenters. The Morgan fingerprint density at radius 3 is 3.19 bits per heavy atom. The summed E-state index contributed by atoms with van der Waals surface area (Å²) in [6.07, 6.45) is 5.40. The molecule has 5 nitrogen and oxygen atoms in total. The van der Waals surface area contributed by atoms with Crippen molar-refractivity contribution >= 4 is 0 Å². The van der Waals surface area contributed by atoms with Gasteiger partial charge in [0.1, 0.15) is 0 Å². The van der Waals surface area contributed by atoms with Gasteiger partial charge in [0.2, 0.25) is 0 Å². The number of rotatable bonds is 3. The average Bonchev–Trinajstić information content (AvgIpc) is 2.32. The lowest BCUT2D eigenvalue weighted by molar-refractivity contribution is 0.142. The van der Waals surface area contributed by atoms with Crippen LogP contribution in [0.3, 0.4) is 0 Å². The molecule has 0 amide bonds. The molecule has 0 bridgehead atoms. The quantitative estimate of drug-likeness (QED) is 0.817. The first-order valence-corrected chi connectivity index (χ1v) is 5.65. The number of aromatic nitrogens is 2. The maximum atomic E-state index is 6.05. The highest BCUT2D eigenvalue weighted by atomic mass is 16.5. The minimum Gasteiger partial charge on any atom is -0.467 e. The lowest BCUT2D eigenvalue weighted by atomic mass is 10.1. The Hall–Kier alpha value is -1.20. The Kier molecular flexibility index (Phi) is 3.69. The second-order valence-electron chi connectivity index (χ2n) is 4.07. The number of methoxy groups -OCH3 is 1. The Morgan fingerprint density at radius 2 is 2.44 bits per heavy atom. The van der Waals surface area contributed by atoms with Gasteiger partial charge in [-0.2, -0.15) is 4.98 Å². The van der Waals surface area contributed by atoms with Crippen LogP contribution in [-0.2, 0) is 6.54 Å². The number of nitrogens with two attached hydrogens (primary N) is 1. The maximum Gasteiger partial charge on any atom is 0.316 e. The van der Waals surface area contributed by atoms with E-state index >= 15 is 0 Å². The van der Waals surface area contributed by atoms with Crippen LogP contribution in [0.25, 0.3) is 0 Å². The normalized spacial score (nSPS) is 22.0. The largest absolute Gasteiger partial charge is 0.467 e. The fourth-order valence-electron chi connectivity index (χ4n) is 1.98. The molecule has 1 aliphatic rings. The number of nitrogens with zero attached hydrogens (tertiary/aromatic N) is 3. The van der Waals surface area contributed by atoms with Gasteiger partial charge in [-0.05, 0) is 25.3 Å². The van der Waals surface area contributed by atoms with E-state index in [1.807, 2.05) is 6.07 Å². The van der Waals surface area contributed by atoms with Crippen LogP contribution in [0.1, 0.15) is 25.0 Å². The van der Waals surface area contributed by atoms with Gasteiger partial charge in [0.05, 0.1) is 19.0 Å². The van der Waals surface area contributed by atoms with Crippen molar-refractivity contribution in [1.29, 1.82) is 0 Å². The summed E-state index contributed by atoms with van der Waals surface area (Å²) in [6.45, 7) is 1.83. The first-order chi connectivity index (χ1) is 7.79. The van der Waals surface area contributed by atoms with E-state index in [4.69, 9.17) is 10.5 Å². The van der Waals surface area contributed by atoms with E-state index in [2.05, 4.69) is 14.9 Å². The van der Waals surface area contributed by atoms with Crippen LogP contribution in [0.15, 0.2) is 12.3 Å². The van der Waals surface area contributed by atoms with Gasteiger partial charge < -0.3 is 10.5 Å². The van der Waals surface area contributed by atoms with E-state index in [-0.39, 0.29) is 6.17 Å². The van der Waals surface area contributed by atoms with Gasteiger partial charge in [0.15, 0.2) is 0 Å². The first-order valence-electron chi connectivity index (χ1n) is 5.65. The summed E-state index contributed by atoms with van der Waals surface area (Å²) >= 11 is 0. The summed E-state index contributed by atoms with van der Waals surface area (Å²) in [5, 5.41) is 0. The number of ether oxygens (including phenoxy) is 1. The zero-order valence-corrected chi connectivity index (χ0v) is 9.59. The van der Waals surface area contributed by atoms with Crippen molar-refractivity contribution in [2.45, 2.75) is 32.0 Å². The Bertz CT molecular complexity index is 345. The number of hydrogen-bond donors (Lipinski definition) is 1. The van der Waals surface area contributed by atoms with E-state index in [1.165, 1.54) is 12.8 Å². The molecule has 0 radical (unpaired) electrons. The zero-order chi connectivity index (χ0) is 11.4. The maximum absolute atomic E-state index is 6.05. The van der Waals surface area contributed by atoms with E-state index in [1.54, 1.807) is 13.3 Å². The Labute approximate surface area is 95.6 Å². The standard InChI is InChI=1S/C11H18N4O/c1-16-11-13-6-5-9(14-11)8-15-7-3-2-4-10(15)12/h5-6,10H,2-4,7-8,12H2,1H3. The first kappa shape index (κ1) is 11.3. The molecule has 1 saturated heterocycles. The summed E-state index contributed by atoms with van der Waals surface area (Å²) in [5.74, 6) is 0. The predicted molar refractivity (Wildman–Crippen MR) is 60.8 cm³/mol. The summed E-state index contributed by atoms with van der Waals surface area (Å²) in [7, 11) is 1.58. The van der Waals surface area contributed by atoms with Crippen molar-refractivity contribution in [2.24, 2.45) is 5.73 Å². The fraction of sp³-hybridized carbons (Fsp3) is 0.636. The Balaban J connectivity index is 2.01. The summed E-state index contributed by atoms with van der Waals surface area (Å²) in [5.41, 5.74) is 7.01. The van der Waals surface area contributed by atoms with Gasteiger partial charge in [0, 0.05) is 19.3 Å². The molecule has 1 atom stereocenters. The van der Waals surface area contributed by atoms with Crippen molar-refractivity contribution in [2.75, 3.05) is 13.7 Å².